The zero-order valence-corrected chi connectivity index (χ0v) is 20.4. The molecule has 0 aliphatic carbocycles. The number of anilines is 2. The SMILES string of the molecule is CC(C)C(=O)Nc1ccc(N2CCN(C(=O)NC(C)(C)C)CC2)c(C(=O)N2CCOCC2)c1. The van der Waals surface area contributed by atoms with Crippen LogP contribution in [0.15, 0.2) is 18.2 Å². The van der Waals surface area contributed by atoms with E-state index < -0.39 is 0 Å². The van der Waals surface area contributed by atoms with E-state index >= 15 is 0 Å². The van der Waals surface area contributed by atoms with Gasteiger partial charge in [-0.2, -0.15) is 0 Å². The highest BCUT2D eigenvalue weighted by molar-refractivity contribution is 6.02. The topological polar surface area (TPSA) is 94.2 Å². The Balaban J connectivity index is 1.79. The monoisotopic (exact) mass is 459 g/mol. The number of nitrogens with one attached hydrogen (secondary N) is 2. The first-order valence-electron chi connectivity index (χ1n) is 11.7. The first-order valence-corrected chi connectivity index (χ1v) is 11.7. The molecule has 0 spiro atoms. The van der Waals surface area contributed by atoms with Gasteiger partial charge in [-0.25, -0.2) is 4.79 Å². The number of hydrogen-bond donors (Lipinski definition) is 2. The molecule has 0 unspecified atom stereocenters. The fraction of sp³-hybridized carbons (Fsp3) is 0.625. The van der Waals surface area contributed by atoms with E-state index in [4.69, 9.17) is 4.74 Å². The zero-order chi connectivity index (χ0) is 24.2. The van der Waals surface area contributed by atoms with Crippen LogP contribution in [0.5, 0.6) is 0 Å². The Morgan fingerprint density at radius 3 is 2.15 bits per heavy atom. The van der Waals surface area contributed by atoms with Crippen molar-refractivity contribution in [2.24, 2.45) is 5.92 Å². The fourth-order valence-electron chi connectivity index (χ4n) is 3.83. The maximum atomic E-state index is 13.4. The first-order chi connectivity index (χ1) is 15.5. The second kappa shape index (κ2) is 10.4. The van der Waals surface area contributed by atoms with E-state index in [9.17, 15) is 14.4 Å². The molecule has 1 aromatic carbocycles. The predicted molar refractivity (Wildman–Crippen MR) is 129 cm³/mol. The molecular weight excluding hydrogens is 422 g/mol. The van der Waals surface area contributed by atoms with E-state index in [-0.39, 0.29) is 29.3 Å². The van der Waals surface area contributed by atoms with Crippen molar-refractivity contribution >= 4 is 29.2 Å². The minimum Gasteiger partial charge on any atom is -0.378 e. The highest BCUT2D eigenvalue weighted by Gasteiger charge is 2.28. The van der Waals surface area contributed by atoms with Crippen molar-refractivity contribution in [1.29, 1.82) is 0 Å². The van der Waals surface area contributed by atoms with Crippen LogP contribution < -0.4 is 15.5 Å². The summed E-state index contributed by atoms with van der Waals surface area (Å²) < 4.78 is 5.40. The molecule has 0 atom stereocenters. The number of urea groups is 1. The Hall–Kier alpha value is -2.81. The van der Waals surface area contributed by atoms with Gasteiger partial charge in [-0.15, -0.1) is 0 Å². The van der Waals surface area contributed by atoms with Gasteiger partial charge < -0.3 is 30.1 Å². The molecule has 0 bridgehead atoms. The van der Waals surface area contributed by atoms with Crippen molar-refractivity contribution < 1.29 is 19.1 Å². The van der Waals surface area contributed by atoms with Crippen LogP contribution in [0.1, 0.15) is 45.0 Å². The lowest BCUT2D eigenvalue weighted by atomic mass is 10.1. The van der Waals surface area contributed by atoms with Crippen molar-refractivity contribution in [2.75, 3.05) is 62.7 Å². The van der Waals surface area contributed by atoms with E-state index in [1.807, 2.05) is 51.7 Å². The quantitative estimate of drug-likeness (QED) is 0.721. The van der Waals surface area contributed by atoms with Crippen LogP contribution in [0, 0.1) is 5.92 Å². The highest BCUT2D eigenvalue weighted by Crippen LogP contribution is 2.28. The summed E-state index contributed by atoms with van der Waals surface area (Å²) >= 11 is 0. The smallest absolute Gasteiger partial charge is 0.317 e. The molecule has 2 N–H and O–H groups in total. The Morgan fingerprint density at radius 1 is 0.939 bits per heavy atom. The molecule has 0 aromatic heterocycles. The fourth-order valence-corrected chi connectivity index (χ4v) is 3.83. The molecule has 2 fully saturated rings. The van der Waals surface area contributed by atoms with Crippen molar-refractivity contribution in [3.63, 3.8) is 0 Å². The molecule has 9 nitrogen and oxygen atoms in total. The molecule has 2 heterocycles. The van der Waals surface area contributed by atoms with Gasteiger partial charge in [-0.05, 0) is 39.0 Å². The number of benzene rings is 1. The van der Waals surface area contributed by atoms with E-state index in [2.05, 4.69) is 15.5 Å². The van der Waals surface area contributed by atoms with Gasteiger partial charge in [0.15, 0.2) is 0 Å². The third-order valence-corrected chi connectivity index (χ3v) is 5.71. The number of hydrogen-bond acceptors (Lipinski definition) is 5. The summed E-state index contributed by atoms with van der Waals surface area (Å²) in [7, 11) is 0. The van der Waals surface area contributed by atoms with E-state index in [0.29, 0.717) is 63.7 Å². The number of rotatable bonds is 4. The lowest BCUT2D eigenvalue weighted by Crippen LogP contribution is -2.55. The number of morpholine rings is 1. The molecule has 0 radical (unpaired) electrons. The van der Waals surface area contributed by atoms with Crippen LogP contribution in [0.25, 0.3) is 0 Å². The summed E-state index contributed by atoms with van der Waals surface area (Å²) in [6.07, 6.45) is 0. The average Bonchev–Trinajstić information content (AvgIpc) is 2.78. The first kappa shape index (κ1) is 24.8. The number of carbonyl (C=O) groups excluding carboxylic acids is 3. The molecule has 3 rings (SSSR count). The van der Waals surface area contributed by atoms with Crippen LogP contribution in [-0.4, -0.2) is 85.7 Å². The van der Waals surface area contributed by atoms with Crippen LogP contribution in [0.4, 0.5) is 16.2 Å². The number of piperazine rings is 1. The predicted octanol–water partition coefficient (Wildman–Crippen LogP) is 2.38. The van der Waals surface area contributed by atoms with Crippen molar-refractivity contribution in [3.05, 3.63) is 23.8 Å². The van der Waals surface area contributed by atoms with Gasteiger partial charge in [0.2, 0.25) is 5.91 Å². The van der Waals surface area contributed by atoms with E-state index in [1.54, 1.807) is 11.0 Å². The summed E-state index contributed by atoms with van der Waals surface area (Å²) in [4.78, 5) is 43.9. The number of amides is 4. The molecule has 2 saturated heterocycles. The molecule has 33 heavy (non-hydrogen) atoms. The Kier molecular flexibility index (Phi) is 7.84. The summed E-state index contributed by atoms with van der Waals surface area (Å²) in [5.41, 5.74) is 1.70. The third-order valence-electron chi connectivity index (χ3n) is 5.71. The maximum absolute atomic E-state index is 13.4. The maximum Gasteiger partial charge on any atom is 0.317 e. The van der Waals surface area contributed by atoms with Crippen LogP contribution in [0.2, 0.25) is 0 Å². The number of ether oxygens (including phenoxy) is 1. The molecule has 2 aliphatic heterocycles. The Bertz CT molecular complexity index is 866. The summed E-state index contributed by atoms with van der Waals surface area (Å²) in [5, 5.41) is 5.91. The van der Waals surface area contributed by atoms with Crippen LogP contribution in [-0.2, 0) is 9.53 Å². The Morgan fingerprint density at radius 2 is 1.58 bits per heavy atom. The second-order valence-corrected chi connectivity index (χ2v) is 9.93. The highest BCUT2D eigenvalue weighted by atomic mass is 16.5. The van der Waals surface area contributed by atoms with Crippen molar-refractivity contribution in [2.45, 2.75) is 40.2 Å². The van der Waals surface area contributed by atoms with Gasteiger partial charge in [0.05, 0.1) is 18.8 Å². The van der Waals surface area contributed by atoms with E-state index in [1.165, 1.54) is 0 Å². The van der Waals surface area contributed by atoms with Gasteiger partial charge in [0.1, 0.15) is 0 Å². The van der Waals surface area contributed by atoms with E-state index in [0.717, 1.165) is 5.69 Å². The van der Waals surface area contributed by atoms with Gasteiger partial charge in [0, 0.05) is 62.1 Å². The molecule has 9 heteroatoms. The number of nitrogens with zero attached hydrogens (tertiary/aromatic N) is 3. The zero-order valence-electron chi connectivity index (χ0n) is 20.4. The summed E-state index contributed by atoms with van der Waals surface area (Å²) in [6, 6.07) is 5.43. The largest absolute Gasteiger partial charge is 0.378 e. The minimum atomic E-state index is -0.289. The van der Waals surface area contributed by atoms with Crippen LogP contribution >= 0.6 is 0 Å². The molecule has 4 amide bonds. The number of carbonyl (C=O) groups is 3. The minimum absolute atomic E-state index is 0.0677. The van der Waals surface area contributed by atoms with Crippen molar-refractivity contribution in [3.8, 4) is 0 Å². The lowest BCUT2D eigenvalue weighted by molar-refractivity contribution is -0.118. The molecule has 2 aliphatic rings. The summed E-state index contributed by atoms with van der Waals surface area (Å²) in [6.45, 7) is 14.1. The van der Waals surface area contributed by atoms with Gasteiger partial charge >= 0.3 is 6.03 Å². The molecule has 1 aromatic rings. The summed E-state index contributed by atoms with van der Waals surface area (Å²) in [5.74, 6) is -0.316. The standard InChI is InChI=1S/C24H37N5O4/c1-17(2)21(30)25-18-6-7-20(19(16-18)22(31)28-12-14-33-15-13-28)27-8-10-29(11-9-27)23(32)26-24(3,4)5/h6-7,16-17H,8-15H2,1-5H3,(H,25,30)(H,26,32). The second-order valence-electron chi connectivity index (χ2n) is 9.93. The Labute approximate surface area is 196 Å². The van der Waals surface area contributed by atoms with Gasteiger partial charge in [-0.1, -0.05) is 13.8 Å². The molecule has 0 saturated carbocycles. The normalized spacial score (nSPS) is 17.2. The van der Waals surface area contributed by atoms with Gasteiger partial charge in [0.25, 0.3) is 5.91 Å². The lowest BCUT2D eigenvalue weighted by Gasteiger charge is -2.38. The van der Waals surface area contributed by atoms with Crippen LogP contribution in [0.3, 0.4) is 0 Å². The van der Waals surface area contributed by atoms with Gasteiger partial charge in [-0.3, -0.25) is 9.59 Å². The van der Waals surface area contributed by atoms with Crippen molar-refractivity contribution in [1.82, 2.24) is 15.1 Å². The average molecular weight is 460 g/mol. The molecular formula is C24H37N5O4. The molecule has 182 valence electrons. The third kappa shape index (κ3) is 6.60.